The first-order valence-electron chi connectivity index (χ1n) is 6.61. The first-order chi connectivity index (χ1) is 9.15. The van der Waals surface area contributed by atoms with Crippen molar-refractivity contribution in [2.45, 2.75) is 45.1 Å². The second-order valence-electron chi connectivity index (χ2n) is 4.81. The van der Waals surface area contributed by atoms with E-state index in [1.54, 1.807) is 6.07 Å². The summed E-state index contributed by atoms with van der Waals surface area (Å²) in [6.07, 6.45) is 9.61. The molecule has 0 spiro atoms. The van der Waals surface area contributed by atoms with Gasteiger partial charge in [0.15, 0.2) is 0 Å². The van der Waals surface area contributed by atoms with Crippen molar-refractivity contribution in [2.75, 3.05) is 5.32 Å². The number of nitrogens with zero attached hydrogens (tertiary/aromatic N) is 1. The van der Waals surface area contributed by atoms with E-state index in [4.69, 9.17) is 6.42 Å². The molecule has 1 unspecified atom stereocenters. The van der Waals surface area contributed by atoms with Crippen molar-refractivity contribution in [3.05, 3.63) is 22.9 Å². The lowest BCUT2D eigenvalue weighted by molar-refractivity contribution is 0.0697. The van der Waals surface area contributed by atoms with Crippen LogP contribution < -0.4 is 5.32 Å². The average molecular weight is 258 g/mol. The molecule has 1 aromatic rings. The van der Waals surface area contributed by atoms with E-state index in [0.717, 1.165) is 36.9 Å². The van der Waals surface area contributed by atoms with E-state index in [0.29, 0.717) is 12.2 Å². The SMILES string of the molecule is C#CCC(CC)Nc1nc2c(cc1C(=O)O)CCC2. The minimum Gasteiger partial charge on any atom is -0.478 e. The fraction of sp³-hybridized carbons (Fsp3) is 0.467. The molecule has 1 aliphatic carbocycles. The third-order valence-electron chi connectivity index (χ3n) is 3.48. The molecule has 0 amide bonds. The van der Waals surface area contributed by atoms with Crippen LogP contribution in [-0.2, 0) is 12.8 Å². The number of pyridine rings is 1. The third kappa shape index (κ3) is 2.87. The lowest BCUT2D eigenvalue weighted by Crippen LogP contribution is -2.21. The quantitative estimate of drug-likeness (QED) is 0.796. The van der Waals surface area contributed by atoms with Gasteiger partial charge in [-0.2, -0.15) is 0 Å². The van der Waals surface area contributed by atoms with Crippen LogP contribution >= 0.6 is 0 Å². The maximum Gasteiger partial charge on any atom is 0.339 e. The molecule has 1 aromatic heterocycles. The highest BCUT2D eigenvalue weighted by Gasteiger charge is 2.21. The molecule has 1 atom stereocenters. The molecule has 1 aliphatic rings. The van der Waals surface area contributed by atoms with Gasteiger partial charge in [-0.05, 0) is 37.3 Å². The topological polar surface area (TPSA) is 62.2 Å². The number of hydrogen-bond donors (Lipinski definition) is 2. The van der Waals surface area contributed by atoms with Gasteiger partial charge >= 0.3 is 5.97 Å². The predicted molar refractivity (Wildman–Crippen MR) is 74.4 cm³/mol. The summed E-state index contributed by atoms with van der Waals surface area (Å²) in [5.74, 6) is 2.11. The lowest BCUT2D eigenvalue weighted by Gasteiger charge is -2.17. The standard InChI is InChI=1S/C15H18N2O2/c1-3-6-11(4-2)16-14-12(15(18)19)9-10-7-5-8-13(10)17-14/h1,9,11H,4-8H2,2H3,(H,16,17)(H,18,19). The van der Waals surface area contributed by atoms with Gasteiger partial charge in [-0.3, -0.25) is 0 Å². The molecular formula is C15H18N2O2. The number of nitrogens with one attached hydrogen (secondary N) is 1. The van der Waals surface area contributed by atoms with E-state index < -0.39 is 5.97 Å². The van der Waals surface area contributed by atoms with Crippen molar-refractivity contribution in [3.8, 4) is 12.3 Å². The van der Waals surface area contributed by atoms with Gasteiger partial charge in [0.05, 0.1) is 0 Å². The van der Waals surface area contributed by atoms with Gasteiger partial charge in [-0.25, -0.2) is 9.78 Å². The largest absolute Gasteiger partial charge is 0.478 e. The van der Waals surface area contributed by atoms with Gasteiger partial charge in [-0.15, -0.1) is 12.3 Å². The van der Waals surface area contributed by atoms with Crippen LogP contribution in [0.3, 0.4) is 0 Å². The van der Waals surface area contributed by atoms with E-state index in [1.807, 2.05) is 6.92 Å². The van der Waals surface area contributed by atoms with Crippen molar-refractivity contribution in [2.24, 2.45) is 0 Å². The molecule has 0 aliphatic heterocycles. The summed E-state index contributed by atoms with van der Waals surface area (Å²) in [7, 11) is 0. The van der Waals surface area contributed by atoms with Crippen molar-refractivity contribution in [1.29, 1.82) is 0 Å². The molecule has 4 heteroatoms. The minimum atomic E-state index is -0.944. The smallest absolute Gasteiger partial charge is 0.339 e. The molecule has 100 valence electrons. The summed E-state index contributed by atoms with van der Waals surface area (Å²) in [4.78, 5) is 15.8. The maximum absolute atomic E-state index is 11.3. The van der Waals surface area contributed by atoms with E-state index in [1.165, 1.54) is 0 Å². The van der Waals surface area contributed by atoms with Crippen LogP contribution in [0.5, 0.6) is 0 Å². The van der Waals surface area contributed by atoms with Crippen molar-refractivity contribution < 1.29 is 9.90 Å². The molecule has 2 rings (SSSR count). The van der Waals surface area contributed by atoms with Crippen LogP contribution in [0.1, 0.15) is 47.8 Å². The van der Waals surface area contributed by atoms with Crippen LogP contribution in [0.15, 0.2) is 6.07 Å². The van der Waals surface area contributed by atoms with Crippen LogP contribution in [0, 0.1) is 12.3 Å². The first-order valence-corrected chi connectivity index (χ1v) is 6.61. The summed E-state index contributed by atoms with van der Waals surface area (Å²) >= 11 is 0. The highest BCUT2D eigenvalue weighted by molar-refractivity contribution is 5.93. The molecule has 0 aromatic carbocycles. The van der Waals surface area contributed by atoms with Crippen LogP contribution in [-0.4, -0.2) is 22.1 Å². The summed E-state index contributed by atoms with van der Waals surface area (Å²) in [5.41, 5.74) is 2.33. The Hall–Kier alpha value is -2.02. The van der Waals surface area contributed by atoms with Crippen LogP contribution in [0.2, 0.25) is 0 Å². The van der Waals surface area contributed by atoms with Gasteiger partial charge in [0, 0.05) is 18.2 Å². The van der Waals surface area contributed by atoms with Crippen LogP contribution in [0.25, 0.3) is 0 Å². The Balaban J connectivity index is 2.33. The van der Waals surface area contributed by atoms with Gasteiger partial charge in [-0.1, -0.05) is 6.92 Å². The number of hydrogen-bond acceptors (Lipinski definition) is 3. The fourth-order valence-corrected chi connectivity index (χ4v) is 2.38. The average Bonchev–Trinajstić information content (AvgIpc) is 2.84. The Bertz CT molecular complexity index is 532. The summed E-state index contributed by atoms with van der Waals surface area (Å²) in [6, 6.07) is 1.82. The van der Waals surface area contributed by atoms with Gasteiger partial charge in [0.25, 0.3) is 0 Å². The molecule has 0 radical (unpaired) electrons. The monoisotopic (exact) mass is 258 g/mol. The Labute approximate surface area is 113 Å². The van der Waals surface area contributed by atoms with Gasteiger partial charge in [0.2, 0.25) is 0 Å². The van der Waals surface area contributed by atoms with E-state index in [9.17, 15) is 9.90 Å². The van der Waals surface area contributed by atoms with E-state index >= 15 is 0 Å². The molecule has 0 fully saturated rings. The Morgan fingerprint density at radius 2 is 2.42 bits per heavy atom. The lowest BCUT2D eigenvalue weighted by atomic mass is 10.1. The second-order valence-corrected chi connectivity index (χ2v) is 4.81. The molecule has 0 saturated heterocycles. The molecule has 4 nitrogen and oxygen atoms in total. The number of anilines is 1. The number of carboxylic acids is 1. The number of fused-ring (bicyclic) bond motifs is 1. The number of aryl methyl sites for hydroxylation is 2. The fourth-order valence-electron chi connectivity index (χ4n) is 2.38. The third-order valence-corrected chi connectivity index (χ3v) is 3.48. The number of aromatic nitrogens is 1. The molecule has 1 heterocycles. The zero-order valence-electron chi connectivity index (χ0n) is 11.1. The Kier molecular flexibility index (Phi) is 4.06. The number of carboxylic acid groups (broad SMARTS) is 1. The van der Waals surface area contributed by atoms with E-state index in [2.05, 4.69) is 16.2 Å². The summed E-state index contributed by atoms with van der Waals surface area (Å²) in [6.45, 7) is 2.02. The van der Waals surface area contributed by atoms with Crippen LogP contribution in [0.4, 0.5) is 5.82 Å². The molecule has 0 bridgehead atoms. The Morgan fingerprint density at radius 1 is 1.63 bits per heavy atom. The highest BCUT2D eigenvalue weighted by atomic mass is 16.4. The molecule has 2 N–H and O–H groups in total. The molecular weight excluding hydrogens is 240 g/mol. The zero-order chi connectivity index (χ0) is 13.8. The van der Waals surface area contributed by atoms with Gasteiger partial charge < -0.3 is 10.4 Å². The summed E-state index contributed by atoms with van der Waals surface area (Å²) < 4.78 is 0. The molecule has 0 saturated carbocycles. The second kappa shape index (κ2) is 5.75. The van der Waals surface area contributed by atoms with Crippen molar-refractivity contribution >= 4 is 11.8 Å². The summed E-state index contributed by atoms with van der Waals surface area (Å²) in [5, 5.41) is 12.5. The number of rotatable bonds is 5. The van der Waals surface area contributed by atoms with Crippen molar-refractivity contribution in [1.82, 2.24) is 4.98 Å². The maximum atomic E-state index is 11.3. The van der Waals surface area contributed by atoms with Gasteiger partial charge in [0.1, 0.15) is 11.4 Å². The molecule has 19 heavy (non-hydrogen) atoms. The highest BCUT2D eigenvalue weighted by Crippen LogP contribution is 2.26. The number of aromatic carboxylic acids is 1. The van der Waals surface area contributed by atoms with Crippen molar-refractivity contribution in [3.63, 3.8) is 0 Å². The van der Waals surface area contributed by atoms with E-state index in [-0.39, 0.29) is 11.6 Å². The Morgan fingerprint density at radius 3 is 3.05 bits per heavy atom. The normalized spacial score (nSPS) is 14.5. The zero-order valence-corrected chi connectivity index (χ0v) is 11.1. The number of terminal acetylenes is 1. The minimum absolute atomic E-state index is 0.0649. The first kappa shape index (κ1) is 13.4. The number of carbonyl (C=O) groups is 1. The predicted octanol–water partition coefficient (Wildman–Crippen LogP) is 2.48.